The zero-order valence-electron chi connectivity index (χ0n) is 14.8. The molecule has 0 fully saturated rings. The number of nitrogens with one attached hydrogen (secondary N) is 2. The van der Waals surface area contributed by atoms with Crippen LogP contribution in [0.3, 0.4) is 0 Å². The summed E-state index contributed by atoms with van der Waals surface area (Å²) in [4.78, 5) is 30.6. The van der Waals surface area contributed by atoms with Gasteiger partial charge in [0.25, 0.3) is 5.91 Å². The van der Waals surface area contributed by atoms with Crippen LogP contribution in [0.25, 0.3) is 0 Å². The topological polar surface area (TPSA) is 130 Å². The average Bonchev–Trinajstić information content (AvgIpc) is 2.66. The highest BCUT2D eigenvalue weighted by Gasteiger charge is 2.12. The lowest BCUT2D eigenvalue weighted by Gasteiger charge is -2.13. The Bertz CT molecular complexity index is 1050. The molecule has 0 unspecified atom stereocenters. The van der Waals surface area contributed by atoms with E-state index in [0.717, 1.165) is 18.2 Å². The summed E-state index contributed by atoms with van der Waals surface area (Å²) >= 11 is 0. The number of amides is 1. The molecule has 0 saturated carbocycles. The molecule has 0 aliphatic rings. The first-order valence-corrected chi connectivity index (χ1v) is 8.27. The lowest BCUT2D eigenvalue weighted by molar-refractivity contribution is 0.0696. The molecule has 0 atom stereocenters. The largest absolute Gasteiger partial charge is 0.478 e. The van der Waals surface area contributed by atoms with Crippen molar-refractivity contribution in [3.05, 3.63) is 77.1 Å². The van der Waals surface area contributed by atoms with E-state index in [9.17, 15) is 18.4 Å². The summed E-state index contributed by atoms with van der Waals surface area (Å²) in [6.07, 6.45) is 2.42. The van der Waals surface area contributed by atoms with Crippen LogP contribution >= 0.6 is 0 Å². The van der Waals surface area contributed by atoms with Gasteiger partial charge in [-0.3, -0.25) is 4.79 Å². The van der Waals surface area contributed by atoms with Crippen molar-refractivity contribution in [2.45, 2.75) is 6.54 Å². The highest BCUT2D eigenvalue weighted by atomic mass is 19.1. The summed E-state index contributed by atoms with van der Waals surface area (Å²) in [5.74, 6) is -2.66. The summed E-state index contributed by atoms with van der Waals surface area (Å²) in [6.45, 7) is 0.0317. The number of benzene rings is 1. The second kappa shape index (κ2) is 8.30. The molecular weight excluding hydrogens is 384 g/mol. The molecular formula is C19H15F2N5O3. The van der Waals surface area contributed by atoms with Gasteiger partial charge in [-0.1, -0.05) is 0 Å². The van der Waals surface area contributed by atoms with Crippen molar-refractivity contribution in [1.29, 1.82) is 0 Å². The smallest absolute Gasteiger partial charge is 0.337 e. The van der Waals surface area contributed by atoms with E-state index in [-0.39, 0.29) is 17.7 Å². The van der Waals surface area contributed by atoms with Crippen molar-refractivity contribution in [2.24, 2.45) is 5.73 Å². The zero-order valence-corrected chi connectivity index (χ0v) is 14.8. The van der Waals surface area contributed by atoms with E-state index >= 15 is 0 Å². The predicted molar refractivity (Wildman–Crippen MR) is 101 cm³/mol. The number of halogens is 2. The van der Waals surface area contributed by atoms with Gasteiger partial charge in [-0.25, -0.2) is 23.5 Å². The maximum atomic E-state index is 13.3. The van der Waals surface area contributed by atoms with E-state index in [4.69, 9.17) is 10.8 Å². The van der Waals surface area contributed by atoms with E-state index in [2.05, 4.69) is 20.6 Å². The van der Waals surface area contributed by atoms with E-state index in [1.807, 2.05) is 0 Å². The number of carboxylic acids is 1. The zero-order chi connectivity index (χ0) is 21.0. The van der Waals surface area contributed by atoms with Gasteiger partial charge in [0.15, 0.2) is 0 Å². The number of rotatable bonds is 7. The first-order valence-electron chi connectivity index (χ1n) is 8.27. The van der Waals surface area contributed by atoms with Gasteiger partial charge in [0.05, 0.1) is 16.8 Å². The van der Waals surface area contributed by atoms with Gasteiger partial charge in [-0.2, -0.15) is 0 Å². The molecule has 0 aliphatic heterocycles. The molecule has 0 bridgehead atoms. The van der Waals surface area contributed by atoms with Gasteiger partial charge in [0.2, 0.25) is 0 Å². The molecule has 29 heavy (non-hydrogen) atoms. The van der Waals surface area contributed by atoms with Crippen molar-refractivity contribution < 1.29 is 23.5 Å². The molecule has 2 aromatic heterocycles. The maximum absolute atomic E-state index is 13.3. The molecule has 5 N–H and O–H groups in total. The van der Waals surface area contributed by atoms with Crippen LogP contribution in [0.2, 0.25) is 0 Å². The minimum Gasteiger partial charge on any atom is -0.478 e. The molecule has 1 aromatic carbocycles. The van der Waals surface area contributed by atoms with Gasteiger partial charge in [-0.05, 0) is 29.8 Å². The van der Waals surface area contributed by atoms with Crippen LogP contribution in [0.15, 0.2) is 48.8 Å². The molecule has 0 saturated heterocycles. The minimum atomic E-state index is -1.10. The standard InChI is InChI=1S/C19H15F2N5O3/c20-12-3-10(4-13(21)5-12)7-23-15-6-17(25-9-14(15)18(22)27)26-16-2-1-11(8-24-16)19(28)29/h1-6,8-9H,7H2,(H2,22,27)(H,28,29)(H2,23,24,25,26). The van der Waals surface area contributed by atoms with Crippen LogP contribution in [0, 0.1) is 11.6 Å². The average molecular weight is 399 g/mol. The molecule has 148 valence electrons. The van der Waals surface area contributed by atoms with E-state index in [0.29, 0.717) is 22.9 Å². The summed E-state index contributed by atoms with van der Waals surface area (Å²) < 4.78 is 26.7. The Hall–Kier alpha value is -4.08. The van der Waals surface area contributed by atoms with Crippen molar-refractivity contribution in [1.82, 2.24) is 9.97 Å². The summed E-state index contributed by atoms with van der Waals surface area (Å²) in [6, 6.07) is 7.38. The van der Waals surface area contributed by atoms with Crippen LogP contribution in [0.5, 0.6) is 0 Å². The highest BCUT2D eigenvalue weighted by molar-refractivity contribution is 5.98. The van der Waals surface area contributed by atoms with E-state index in [1.165, 1.54) is 30.6 Å². The third kappa shape index (κ3) is 5.01. The van der Waals surface area contributed by atoms with Crippen molar-refractivity contribution >= 4 is 29.2 Å². The van der Waals surface area contributed by atoms with Gasteiger partial charge in [0, 0.05) is 31.1 Å². The number of carboxylic acid groups (broad SMARTS) is 1. The number of nitrogens with two attached hydrogens (primary N) is 1. The Balaban J connectivity index is 1.81. The van der Waals surface area contributed by atoms with Crippen LogP contribution in [0.4, 0.5) is 26.1 Å². The third-order valence-electron chi connectivity index (χ3n) is 3.84. The number of primary amides is 1. The summed E-state index contributed by atoms with van der Waals surface area (Å²) in [7, 11) is 0. The summed E-state index contributed by atoms with van der Waals surface area (Å²) in [5.41, 5.74) is 6.08. The molecule has 1 amide bonds. The van der Waals surface area contributed by atoms with Crippen LogP contribution in [0.1, 0.15) is 26.3 Å². The van der Waals surface area contributed by atoms with E-state index < -0.39 is 23.5 Å². The fourth-order valence-corrected chi connectivity index (χ4v) is 2.50. The number of aromatic carboxylic acids is 1. The lowest BCUT2D eigenvalue weighted by Crippen LogP contribution is -2.15. The third-order valence-corrected chi connectivity index (χ3v) is 3.84. The van der Waals surface area contributed by atoms with Gasteiger partial charge < -0.3 is 21.5 Å². The van der Waals surface area contributed by atoms with Gasteiger partial charge in [0.1, 0.15) is 23.3 Å². The molecule has 2 heterocycles. The fraction of sp³-hybridized carbons (Fsp3) is 0.0526. The van der Waals surface area contributed by atoms with Crippen molar-refractivity contribution in [3.63, 3.8) is 0 Å². The number of hydrogen-bond acceptors (Lipinski definition) is 6. The van der Waals surface area contributed by atoms with Crippen LogP contribution in [-0.4, -0.2) is 27.0 Å². The SMILES string of the molecule is NC(=O)c1cnc(Nc2ccc(C(=O)O)cn2)cc1NCc1cc(F)cc(F)c1. The number of carbonyl (C=O) groups is 2. The lowest BCUT2D eigenvalue weighted by atomic mass is 10.1. The quantitative estimate of drug-likeness (QED) is 0.480. The predicted octanol–water partition coefficient (Wildman–Crippen LogP) is 2.91. The number of anilines is 3. The summed E-state index contributed by atoms with van der Waals surface area (Å²) in [5, 5.41) is 14.7. The number of pyridine rings is 2. The van der Waals surface area contributed by atoms with Gasteiger partial charge in [-0.15, -0.1) is 0 Å². The first-order chi connectivity index (χ1) is 13.8. The number of carbonyl (C=O) groups excluding carboxylic acids is 1. The van der Waals surface area contributed by atoms with E-state index in [1.54, 1.807) is 0 Å². The Morgan fingerprint density at radius 3 is 2.28 bits per heavy atom. The monoisotopic (exact) mass is 399 g/mol. The molecule has 0 radical (unpaired) electrons. The Labute approximate surface area is 163 Å². The maximum Gasteiger partial charge on any atom is 0.337 e. The highest BCUT2D eigenvalue weighted by Crippen LogP contribution is 2.22. The number of nitrogens with zero attached hydrogens (tertiary/aromatic N) is 2. The van der Waals surface area contributed by atoms with Crippen LogP contribution in [-0.2, 0) is 6.54 Å². The number of aromatic nitrogens is 2. The Kier molecular flexibility index (Phi) is 5.63. The minimum absolute atomic E-state index is 0.0252. The normalized spacial score (nSPS) is 10.4. The van der Waals surface area contributed by atoms with Crippen LogP contribution < -0.4 is 16.4 Å². The Morgan fingerprint density at radius 2 is 1.69 bits per heavy atom. The molecule has 3 aromatic rings. The fourth-order valence-electron chi connectivity index (χ4n) is 2.50. The molecule has 8 nitrogen and oxygen atoms in total. The second-order valence-corrected chi connectivity index (χ2v) is 5.97. The second-order valence-electron chi connectivity index (χ2n) is 5.97. The number of hydrogen-bond donors (Lipinski definition) is 4. The van der Waals surface area contributed by atoms with Crippen molar-refractivity contribution in [3.8, 4) is 0 Å². The molecule has 3 rings (SSSR count). The first kappa shape index (κ1) is 19.7. The molecule has 0 aliphatic carbocycles. The van der Waals surface area contributed by atoms with Gasteiger partial charge >= 0.3 is 5.97 Å². The molecule has 0 spiro atoms. The van der Waals surface area contributed by atoms with Crippen molar-refractivity contribution in [2.75, 3.05) is 10.6 Å². The Morgan fingerprint density at radius 1 is 1.00 bits per heavy atom. The molecule has 10 heteroatoms.